The van der Waals surface area contributed by atoms with Crippen LogP contribution in [0.15, 0.2) is 58.1 Å². The summed E-state index contributed by atoms with van der Waals surface area (Å²) in [4.78, 5) is 16.3. The van der Waals surface area contributed by atoms with Crippen LogP contribution >= 0.6 is 24.0 Å². The van der Waals surface area contributed by atoms with E-state index in [0.29, 0.717) is 18.8 Å². The summed E-state index contributed by atoms with van der Waals surface area (Å²) in [5.41, 5.74) is 1.33. The minimum absolute atomic E-state index is 0. The zero-order chi connectivity index (χ0) is 17.7. The van der Waals surface area contributed by atoms with Crippen LogP contribution in [0.1, 0.15) is 29.5 Å². The average Bonchev–Trinajstić information content (AvgIpc) is 3.17. The summed E-state index contributed by atoms with van der Waals surface area (Å²) in [5, 5.41) is 9.21. The van der Waals surface area contributed by atoms with Crippen LogP contribution in [-0.2, 0) is 6.42 Å². The van der Waals surface area contributed by atoms with Gasteiger partial charge in [0.25, 0.3) is 5.91 Å². The van der Waals surface area contributed by atoms with Gasteiger partial charge in [0.05, 0.1) is 6.26 Å². The highest BCUT2D eigenvalue weighted by Crippen LogP contribution is 2.02. The number of carbonyl (C=O) groups is 1. The number of halogens is 1. The molecule has 142 valence electrons. The Labute approximate surface area is 171 Å². The number of nitrogens with one attached hydrogen (secondary N) is 3. The number of carbonyl (C=O) groups excluding carboxylic acids is 1. The number of guanidine groups is 1. The number of nitrogens with zero attached hydrogens (tertiary/aromatic N) is 1. The fourth-order valence-electron chi connectivity index (χ4n) is 2.31. The van der Waals surface area contributed by atoms with Gasteiger partial charge in [-0.25, -0.2) is 0 Å². The number of aryl methyl sites for hydroxylation is 1. The van der Waals surface area contributed by atoms with Crippen molar-refractivity contribution in [3.63, 3.8) is 0 Å². The molecule has 0 atom stereocenters. The maximum atomic E-state index is 11.7. The van der Waals surface area contributed by atoms with Crippen molar-refractivity contribution < 1.29 is 9.21 Å². The monoisotopic (exact) mass is 470 g/mol. The molecule has 2 rings (SSSR count). The molecule has 0 aliphatic carbocycles. The Morgan fingerprint density at radius 3 is 2.50 bits per heavy atom. The van der Waals surface area contributed by atoms with Gasteiger partial charge in [-0.2, -0.15) is 0 Å². The second-order valence-electron chi connectivity index (χ2n) is 5.51. The fourth-order valence-corrected chi connectivity index (χ4v) is 2.31. The lowest BCUT2D eigenvalue weighted by Crippen LogP contribution is -2.41. The number of aliphatic imine (C=N–C) groups is 1. The van der Waals surface area contributed by atoms with Crippen molar-refractivity contribution in [2.45, 2.75) is 19.8 Å². The van der Waals surface area contributed by atoms with Crippen LogP contribution < -0.4 is 16.0 Å². The van der Waals surface area contributed by atoms with Crippen LogP contribution in [-0.4, -0.2) is 38.0 Å². The zero-order valence-electron chi connectivity index (χ0n) is 15.0. The van der Waals surface area contributed by atoms with Crippen molar-refractivity contribution in [3.05, 3.63) is 60.1 Å². The maximum Gasteiger partial charge on any atom is 0.287 e. The third-order valence-electron chi connectivity index (χ3n) is 3.53. The number of benzene rings is 1. The normalized spacial score (nSPS) is 10.7. The molecule has 2 aromatic rings. The molecule has 1 aromatic heterocycles. The fraction of sp³-hybridized carbons (Fsp3) is 0.368. The van der Waals surface area contributed by atoms with Crippen molar-refractivity contribution in [3.8, 4) is 0 Å². The molecular formula is C19H27IN4O2. The summed E-state index contributed by atoms with van der Waals surface area (Å²) in [5.74, 6) is 0.876. The molecule has 3 N–H and O–H groups in total. The molecule has 1 heterocycles. The number of furan rings is 1. The van der Waals surface area contributed by atoms with Gasteiger partial charge < -0.3 is 20.4 Å². The van der Waals surface area contributed by atoms with Crippen LogP contribution in [0.4, 0.5) is 0 Å². The lowest BCUT2D eigenvalue weighted by Gasteiger charge is -2.11. The first-order valence-electron chi connectivity index (χ1n) is 8.67. The van der Waals surface area contributed by atoms with Crippen LogP contribution in [0.3, 0.4) is 0 Å². The summed E-state index contributed by atoms with van der Waals surface area (Å²) in [6.07, 6.45) is 3.50. The largest absolute Gasteiger partial charge is 0.459 e. The summed E-state index contributed by atoms with van der Waals surface area (Å²) in [6.45, 7) is 4.66. The van der Waals surface area contributed by atoms with Gasteiger partial charge in [0.15, 0.2) is 11.7 Å². The summed E-state index contributed by atoms with van der Waals surface area (Å²) >= 11 is 0. The topological polar surface area (TPSA) is 78.7 Å². The van der Waals surface area contributed by atoms with Crippen LogP contribution in [0.5, 0.6) is 0 Å². The Morgan fingerprint density at radius 2 is 1.81 bits per heavy atom. The first kappa shape index (κ1) is 22.0. The molecule has 26 heavy (non-hydrogen) atoms. The Morgan fingerprint density at radius 1 is 1.04 bits per heavy atom. The van der Waals surface area contributed by atoms with E-state index in [4.69, 9.17) is 4.42 Å². The summed E-state index contributed by atoms with van der Waals surface area (Å²) < 4.78 is 5.05. The van der Waals surface area contributed by atoms with E-state index in [9.17, 15) is 4.79 Å². The van der Waals surface area contributed by atoms with Gasteiger partial charge in [0, 0.05) is 26.2 Å². The highest BCUT2D eigenvalue weighted by molar-refractivity contribution is 14.0. The van der Waals surface area contributed by atoms with E-state index in [1.54, 1.807) is 12.1 Å². The minimum atomic E-state index is -0.211. The van der Waals surface area contributed by atoms with Crippen LogP contribution in [0.25, 0.3) is 0 Å². The predicted molar refractivity (Wildman–Crippen MR) is 115 cm³/mol. The summed E-state index contributed by atoms with van der Waals surface area (Å²) in [6, 6.07) is 13.7. The smallest absolute Gasteiger partial charge is 0.287 e. The number of rotatable bonds is 9. The highest BCUT2D eigenvalue weighted by atomic mass is 127. The average molecular weight is 470 g/mol. The van der Waals surface area contributed by atoms with Crippen LogP contribution in [0, 0.1) is 0 Å². The van der Waals surface area contributed by atoms with Gasteiger partial charge in [-0.15, -0.1) is 24.0 Å². The highest BCUT2D eigenvalue weighted by Gasteiger charge is 2.06. The Bertz CT molecular complexity index is 645. The second-order valence-corrected chi connectivity index (χ2v) is 5.51. The standard InChI is InChI=1S/C19H26N4O2.HI/c1-2-20-19(22-12-6-10-16-8-4-3-5-9-16)23-14-13-21-18(24)17-11-7-15-25-17;/h3-5,7-9,11,15H,2,6,10,12-14H2,1H3,(H,21,24)(H2,20,22,23);1H. The molecule has 0 spiro atoms. The minimum Gasteiger partial charge on any atom is -0.459 e. The number of hydrogen-bond donors (Lipinski definition) is 3. The van der Waals surface area contributed by atoms with E-state index in [0.717, 1.165) is 31.9 Å². The van der Waals surface area contributed by atoms with Crippen molar-refractivity contribution in [1.29, 1.82) is 0 Å². The lowest BCUT2D eigenvalue weighted by atomic mass is 10.1. The van der Waals surface area contributed by atoms with Gasteiger partial charge >= 0.3 is 0 Å². The first-order chi connectivity index (χ1) is 12.3. The molecule has 6 nitrogen and oxygen atoms in total. The number of hydrogen-bond acceptors (Lipinski definition) is 3. The predicted octanol–water partition coefficient (Wildman–Crippen LogP) is 2.82. The van der Waals surface area contributed by atoms with E-state index < -0.39 is 0 Å². The first-order valence-corrected chi connectivity index (χ1v) is 8.67. The molecule has 0 saturated heterocycles. The van der Waals surface area contributed by atoms with Crippen LogP contribution in [0.2, 0.25) is 0 Å². The Balaban J connectivity index is 0.00000338. The Kier molecular flexibility index (Phi) is 11.2. The van der Waals surface area contributed by atoms with E-state index in [-0.39, 0.29) is 29.9 Å². The van der Waals surface area contributed by atoms with E-state index in [2.05, 4.69) is 45.2 Å². The molecular weight excluding hydrogens is 443 g/mol. The molecule has 0 unspecified atom stereocenters. The molecule has 0 fully saturated rings. The SMILES string of the molecule is CCNC(=NCCCc1ccccc1)NCCNC(=O)c1ccco1.I. The summed E-state index contributed by atoms with van der Waals surface area (Å²) in [7, 11) is 0. The molecule has 0 aliphatic heterocycles. The molecule has 7 heteroatoms. The maximum absolute atomic E-state index is 11.7. The third-order valence-corrected chi connectivity index (χ3v) is 3.53. The van der Waals surface area contributed by atoms with Crippen molar-refractivity contribution >= 4 is 35.8 Å². The van der Waals surface area contributed by atoms with Crippen molar-refractivity contribution in [1.82, 2.24) is 16.0 Å². The van der Waals surface area contributed by atoms with Crippen molar-refractivity contribution in [2.24, 2.45) is 4.99 Å². The van der Waals surface area contributed by atoms with Gasteiger partial charge in [-0.3, -0.25) is 9.79 Å². The molecule has 1 aromatic carbocycles. The molecule has 0 saturated carbocycles. The van der Waals surface area contributed by atoms with E-state index in [1.165, 1.54) is 11.8 Å². The van der Waals surface area contributed by atoms with Gasteiger partial charge in [-0.05, 0) is 37.5 Å². The lowest BCUT2D eigenvalue weighted by molar-refractivity contribution is 0.0926. The Hall–Kier alpha value is -2.03. The quantitative estimate of drug-likeness (QED) is 0.228. The molecule has 0 bridgehead atoms. The van der Waals surface area contributed by atoms with Crippen molar-refractivity contribution in [2.75, 3.05) is 26.2 Å². The third kappa shape index (κ3) is 8.37. The van der Waals surface area contributed by atoms with Gasteiger partial charge in [0.2, 0.25) is 0 Å². The number of amides is 1. The molecule has 0 radical (unpaired) electrons. The van der Waals surface area contributed by atoms with E-state index in [1.807, 2.05) is 13.0 Å². The molecule has 1 amide bonds. The van der Waals surface area contributed by atoms with Gasteiger partial charge in [-0.1, -0.05) is 30.3 Å². The van der Waals surface area contributed by atoms with Gasteiger partial charge in [0.1, 0.15) is 0 Å². The second kappa shape index (κ2) is 13.2. The zero-order valence-corrected chi connectivity index (χ0v) is 17.4. The van der Waals surface area contributed by atoms with E-state index >= 15 is 0 Å². The molecule has 0 aliphatic rings.